The zero-order chi connectivity index (χ0) is 50.2. The van der Waals surface area contributed by atoms with Crippen molar-refractivity contribution in [3.8, 4) is 11.5 Å². The Hall–Kier alpha value is -8.44. The Morgan fingerprint density at radius 3 is 0.718 bits per heavy atom. The highest BCUT2D eigenvalue weighted by Gasteiger charge is 2.16. The third kappa shape index (κ3) is 16.4. The number of hydrogen-bond acceptors (Lipinski definition) is 11. The average molecular weight is 953 g/mol. The standard InChI is InChI=1S/C60H60N2O9/c1-5-57(63)67-41-9-13-45-17-25-49(26-18-45)61(50-27-19-46(20-28-50)14-10-42-68-58(64)6-2)53-33-37-55(38-34-53)71-56-39-35-54(36-40-56)62(51-29-21-47(22-30-51)15-11-43-69-59(65)7-3)52-31-23-48(24-32-52)16-12-44-70-60(66)8-4/h5-8,17-40H,1-4,9-16,41-44H2. The molecule has 0 aliphatic rings. The van der Waals surface area contributed by atoms with Gasteiger partial charge in [-0.05, 0) is 171 Å². The maximum Gasteiger partial charge on any atom is 0.330 e. The van der Waals surface area contributed by atoms with E-state index in [-0.39, 0.29) is 0 Å². The molecule has 0 aliphatic carbocycles. The van der Waals surface area contributed by atoms with Gasteiger partial charge in [-0.15, -0.1) is 0 Å². The molecule has 11 heteroatoms. The van der Waals surface area contributed by atoms with Gasteiger partial charge in [0.2, 0.25) is 0 Å². The maximum absolute atomic E-state index is 11.5. The predicted octanol–water partition coefficient (Wildman–Crippen LogP) is 13.1. The van der Waals surface area contributed by atoms with E-state index in [0.29, 0.717) is 63.6 Å². The normalized spacial score (nSPS) is 10.5. The number of carbonyl (C=O) groups excluding carboxylic acids is 4. The lowest BCUT2D eigenvalue weighted by molar-refractivity contribution is -0.138. The second-order valence-electron chi connectivity index (χ2n) is 16.3. The van der Waals surface area contributed by atoms with Crippen molar-refractivity contribution in [3.63, 3.8) is 0 Å². The van der Waals surface area contributed by atoms with Crippen LogP contribution in [-0.4, -0.2) is 50.3 Å². The van der Waals surface area contributed by atoms with E-state index in [2.05, 4.69) is 133 Å². The molecule has 0 heterocycles. The molecule has 0 saturated heterocycles. The molecular weight excluding hydrogens is 893 g/mol. The highest BCUT2D eigenvalue weighted by Crippen LogP contribution is 2.39. The number of benzene rings is 6. The van der Waals surface area contributed by atoms with Crippen molar-refractivity contribution in [2.45, 2.75) is 51.4 Å². The van der Waals surface area contributed by atoms with Crippen LogP contribution in [0.2, 0.25) is 0 Å². The summed E-state index contributed by atoms with van der Waals surface area (Å²) in [6.07, 6.45) is 10.5. The highest BCUT2D eigenvalue weighted by atomic mass is 16.5. The molecule has 0 aliphatic heterocycles. The van der Waals surface area contributed by atoms with Crippen LogP contribution in [0.3, 0.4) is 0 Å². The summed E-state index contributed by atoms with van der Waals surface area (Å²) in [7, 11) is 0. The topological polar surface area (TPSA) is 121 Å². The second-order valence-corrected chi connectivity index (χ2v) is 16.3. The van der Waals surface area contributed by atoms with Crippen LogP contribution in [0.5, 0.6) is 11.5 Å². The van der Waals surface area contributed by atoms with Crippen molar-refractivity contribution in [1.29, 1.82) is 0 Å². The second kappa shape index (κ2) is 27.5. The minimum atomic E-state index is -0.423. The molecule has 71 heavy (non-hydrogen) atoms. The highest BCUT2D eigenvalue weighted by molar-refractivity contribution is 5.83. The summed E-state index contributed by atoms with van der Waals surface area (Å²) in [5.74, 6) is -0.355. The van der Waals surface area contributed by atoms with Gasteiger partial charge in [0.15, 0.2) is 0 Å². The summed E-state index contributed by atoms with van der Waals surface area (Å²) < 4.78 is 27.1. The predicted molar refractivity (Wildman–Crippen MR) is 280 cm³/mol. The fourth-order valence-electron chi connectivity index (χ4n) is 7.64. The van der Waals surface area contributed by atoms with Crippen molar-refractivity contribution < 1.29 is 42.9 Å². The van der Waals surface area contributed by atoms with Gasteiger partial charge < -0.3 is 33.5 Å². The Balaban J connectivity index is 1.18. The Morgan fingerprint density at radius 1 is 0.324 bits per heavy atom. The monoisotopic (exact) mass is 952 g/mol. The van der Waals surface area contributed by atoms with Crippen molar-refractivity contribution >= 4 is 58.0 Å². The number of hydrogen-bond donors (Lipinski definition) is 0. The number of esters is 4. The van der Waals surface area contributed by atoms with Crippen molar-refractivity contribution in [2.75, 3.05) is 36.2 Å². The summed E-state index contributed by atoms with van der Waals surface area (Å²) in [6, 6.07) is 49.4. The van der Waals surface area contributed by atoms with E-state index in [1.54, 1.807) is 0 Å². The average Bonchev–Trinajstić information content (AvgIpc) is 3.41. The van der Waals surface area contributed by atoms with E-state index in [1.807, 2.05) is 48.5 Å². The summed E-state index contributed by atoms with van der Waals surface area (Å²) in [5, 5.41) is 0. The van der Waals surface area contributed by atoms with Gasteiger partial charge in [-0.1, -0.05) is 74.8 Å². The summed E-state index contributed by atoms with van der Waals surface area (Å²) >= 11 is 0. The molecule has 6 rings (SSSR count). The van der Waals surface area contributed by atoms with Gasteiger partial charge in [-0.2, -0.15) is 0 Å². The van der Waals surface area contributed by atoms with Gasteiger partial charge in [0, 0.05) is 58.4 Å². The van der Waals surface area contributed by atoms with Gasteiger partial charge in [-0.3, -0.25) is 0 Å². The van der Waals surface area contributed by atoms with E-state index < -0.39 is 23.9 Å². The largest absolute Gasteiger partial charge is 0.463 e. The van der Waals surface area contributed by atoms with Crippen LogP contribution in [-0.2, 0) is 63.8 Å². The van der Waals surface area contributed by atoms with Gasteiger partial charge >= 0.3 is 23.9 Å². The molecule has 364 valence electrons. The Kier molecular flexibility index (Phi) is 20.1. The van der Waals surface area contributed by atoms with Crippen molar-refractivity contribution in [1.82, 2.24) is 0 Å². The molecule has 0 radical (unpaired) electrons. The zero-order valence-electron chi connectivity index (χ0n) is 40.0. The third-order valence-corrected chi connectivity index (χ3v) is 11.3. The fraction of sp³-hybridized carbons (Fsp3) is 0.200. The fourth-order valence-corrected chi connectivity index (χ4v) is 7.64. The number of aryl methyl sites for hydroxylation is 4. The van der Waals surface area contributed by atoms with Crippen LogP contribution in [0.25, 0.3) is 0 Å². The molecule has 0 saturated carbocycles. The van der Waals surface area contributed by atoms with Gasteiger partial charge in [-0.25, -0.2) is 19.2 Å². The minimum absolute atomic E-state index is 0.324. The lowest BCUT2D eigenvalue weighted by Crippen LogP contribution is -2.10. The summed E-state index contributed by atoms with van der Waals surface area (Å²) in [6.45, 7) is 15.1. The maximum atomic E-state index is 11.5. The molecule has 0 spiro atoms. The Morgan fingerprint density at radius 2 is 0.521 bits per heavy atom. The molecule has 0 amide bonds. The van der Waals surface area contributed by atoms with Crippen LogP contribution in [0.1, 0.15) is 47.9 Å². The van der Waals surface area contributed by atoms with Crippen LogP contribution in [0.4, 0.5) is 34.1 Å². The van der Waals surface area contributed by atoms with E-state index in [0.717, 1.165) is 82.1 Å². The van der Waals surface area contributed by atoms with E-state index in [9.17, 15) is 19.2 Å². The summed E-state index contributed by atoms with van der Waals surface area (Å²) in [4.78, 5) is 50.3. The molecule has 0 atom stereocenters. The van der Waals surface area contributed by atoms with Crippen LogP contribution < -0.4 is 14.5 Å². The quantitative estimate of drug-likeness (QED) is 0.0202. The lowest BCUT2D eigenvalue weighted by Gasteiger charge is -2.26. The molecule has 0 N–H and O–H groups in total. The smallest absolute Gasteiger partial charge is 0.330 e. The van der Waals surface area contributed by atoms with E-state index in [1.165, 1.54) is 24.3 Å². The molecule has 6 aromatic carbocycles. The molecule has 0 bridgehead atoms. The lowest BCUT2D eigenvalue weighted by atomic mass is 10.1. The van der Waals surface area contributed by atoms with E-state index in [4.69, 9.17) is 23.7 Å². The van der Waals surface area contributed by atoms with Gasteiger partial charge in [0.25, 0.3) is 0 Å². The number of nitrogens with zero attached hydrogens (tertiary/aromatic N) is 2. The Bertz CT molecular complexity index is 2360. The molecule has 0 aromatic heterocycles. The zero-order valence-corrected chi connectivity index (χ0v) is 40.0. The van der Waals surface area contributed by atoms with Gasteiger partial charge in [0.1, 0.15) is 11.5 Å². The molecule has 0 fully saturated rings. The van der Waals surface area contributed by atoms with Crippen molar-refractivity contribution in [2.24, 2.45) is 0 Å². The number of anilines is 6. The van der Waals surface area contributed by atoms with Crippen LogP contribution in [0, 0.1) is 0 Å². The first-order chi connectivity index (χ1) is 34.7. The molecular formula is C60H60N2O9. The molecule has 0 unspecified atom stereocenters. The number of rotatable bonds is 28. The third-order valence-electron chi connectivity index (χ3n) is 11.3. The summed E-state index contributed by atoms with van der Waals surface area (Å²) in [5.41, 5.74) is 10.2. The first kappa shape index (κ1) is 51.9. The van der Waals surface area contributed by atoms with Gasteiger partial charge in [0.05, 0.1) is 26.4 Å². The first-order valence-electron chi connectivity index (χ1n) is 23.7. The SMILES string of the molecule is C=CC(=O)OCCCc1ccc(N(c2ccc(CCCOC(=O)C=C)cc2)c2ccc(Oc3ccc(N(c4ccc(CCCOC(=O)C=C)cc4)c4ccc(CCCOC(=O)C=C)cc4)cc3)cc2)cc1. The Labute approximate surface area is 416 Å². The molecule has 11 nitrogen and oxygen atoms in total. The van der Waals surface area contributed by atoms with Crippen molar-refractivity contribution in [3.05, 3.63) is 218 Å². The number of carbonyl (C=O) groups is 4. The van der Waals surface area contributed by atoms with Crippen LogP contribution in [0.15, 0.2) is 196 Å². The number of ether oxygens (including phenoxy) is 5. The molecule has 6 aromatic rings. The van der Waals surface area contributed by atoms with E-state index >= 15 is 0 Å². The minimum Gasteiger partial charge on any atom is -0.463 e. The van der Waals surface area contributed by atoms with Crippen LogP contribution >= 0.6 is 0 Å². The first-order valence-corrected chi connectivity index (χ1v) is 23.7.